The van der Waals surface area contributed by atoms with Crippen LogP contribution in [0.25, 0.3) is 11.4 Å². The molecule has 4 atom stereocenters. The van der Waals surface area contributed by atoms with Crippen LogP contribution in [0.5, 0.6) is 11.5 Å². The molecular formula is C18H19N5O8. The van der Waals surface area contributed by atoms with Crippen LogP contribution < -0.4 is 14.8 Å². The maximum Gasteiger partial charge on any atom is 0.329 e. The van der Waals surface area contributed by atoms with Gasteiger partial charge < -0.3 is 34.1 Å². The largest absolute Gasteiger partial charge is 0.480 e. The van der Waals surface area contributed by atoms with E-state index in [-0.39, 0.29) is 44.3 Å². The normalized spacial score (nSPS) is 26.1. The Labute approximate surface area is 175 Å². The Morgan fingerprint density at radius 1 is 1.16 bits per heavy atom. The molecule has 0 radical (unpaired) electrons. The highest BCUT2D eigenvalue weighted by molar-refractivity contribution is 5.78. The molecule has 3 aliphatic rings. The van der Waals surface area contributed by atoms with E-state index in [1.807, 2.05) is 12.1 Å². The maximum atomic E-state index is 12.0. The predicted octanol–water partition coefficient (Wildman–Crippen LogP) is -1.01. The number of nitrogens with zero attached hydrogens (tertiary/aromatic N) is 4. The first-order valence-electron chi connectivity index (χ1n) is 9.60. The Balaban J connectivity index is 1.27. The molecule has 3 aliphatic heterocycles. The Bertz CT molecular complexity index is 997. The number of carboxylic acids is 1. The van der Waals surface area contributed by atoms with Crippen LogP contribution >= 0.6 is 0 Å². The van der Waals surface area contributed by atoms with Crippen molar-refractivity contribution >= 4 is 11.9 Å². The zero-order chi connectivity index (χ0) is 21.4. The fourth-order valence-corrected chi connectivity index (χ4v) is 3.93. The molecule has 0 aliphatic carbocycles. The lowest BCUT2D eigenvalue weighted by atomic mass is 10.1. The number of hydrogen-bond donors (Lipinski definition) is 2. The molecule has 31 heavy (non-hydrogen) atoms. The molecule has 2 saturated heterocycles. The summed E-state index contributed by atoms with van der Waals surface area (Å²) in [7, 11) is 0. The van der Waals surface area contributed by atoms with Gasteiger partial charge in [-0.1, -0.05) is 0 Å². The number of hydrogen-bond acceptors (Lipinski definition) is 10. The van der Waals surface area contributed by atoms with Gasteiger partial charge in [0.25, 0.3) is 0 Å². The molecule has 2 aromatic rings. The van der Waals surface area contributed by atoms with Gasteiger partial charge in [0.1, 0.15) is 31.5 Å². The molecule has 1 amide bonds. The van der Waals surface area contributed by atoms with E-state index in [9.17, 15) is 9.59 Å². The first-order valence-corrected chi connectivity index (χ1v) is 9.60. The number of ether oxygens (including phenoxy) is 5. The molecule has 13 nitrogen and oxygen atoms in total. The van der Waals surface area contributed by atoms with E-state index in [4.69, 9.17) is 28.8 Å². The van der Waals surface area contributed by atoms with E-state index in [2.05, 4.69) is 20.8 Å². The van der Waals surface area contributed by atoms with Crippen molar-refractivity contribution in [3.63, 3.8) is 0 Å². The van der Waals surface area contributed by atoms with Gasteiger partial charge in [-0.05, 0) is 28.6 Å². The zero-order valence-electron chi connectivity index (χ0n) is 16.2. The van der Waals surface area contributed by atoms with Gasteiger partial charge in [-0.25, -0.2) is 9.48 Å². The highest BCUT2D eigenvalue weighted by Gasteiger charge is 2.50. The number of carbonyl (C=O) groups excluding carboxylic acids is 1. The first-order chi connectivity index (χ1) is 15.1. The van der Waals surface area contributed by atoms with Crippen LogP contribution in [-0.4, -0.2) is 88.7 Å². The number of rotatable bonds is 7. The van der Waals surface area contributed by atoms with E-state index in [1.54, 1.807) is 10.7 Å². The van der Waals surface area contributed by atoms with Crippen LogP contribution in [0.4, 0.5) is 0 Å². The summed E-state index contributed by atoms with van der Waals surface area (Å²) in [6, 6.07) is 4.79. The molecule has 2 fully saturated rings. The van der Waals surface area contributed by atoms with Crippen LogP contribution in [0.15, 0.2) is 18.2 Å². The van der Waals surface area contributed by atoms with Crippen molar-refractivity contribution in [2.75, 3.05) is 33.2 Å². The third-order valence-corrected chi connectivity index (χ3v) is 5.27. The smallest absolute Gasteiger partial charge is 0.329 e. The monoisotopic (exact) mass is 433 g/mol. The number of tetrazole rings is 1. The number of carboxylic acid groups (broad SMARTS) is 1. The van der Waals surface area contributed by atoms with Gasteiger partial charge in [0.2, 0.25) is 12.7 Å². The number of aliphatic carboxylic acids is 1. The second kappa shape index (κ2) is 8.09. The predicted molar refractivity (Wildman–Crippen MR) is 98.3 cm³/mol. The molecule has 13 heteroatoms. The molecule has 0 bridgehead atoms. The van der Waals surface area contributed by atoms with Crippen molar-refractivity contribution in [2.45, 2.75) is 24.3 Å². The quantitative estimate of drug-likeness (QED) is 0.552. The summed E-state index contributed by atoms with van der Waals surface area (Å²) < 4.78 is 29.0. The van der Waals surface area contributed by atoms with Crippen LogP contribution in [0.1, 0.15) is 6.04 Å². The number of carbonyl (C=O) groups is 2. The molecule has 1 aromatic heterocycles. The van der Waals surface area contributed by atoms with Crippen LogP contribution in [0.2, 0.25) is 0 Å². The van der Waals surface area contributed by atoms with Crippen molar-refractivity contribution in [1.29, 1.82) is 0 Å². The molecule has 164 valence electrons. The number of benzene rings is 1. The number of fused-ring (bicyclic) bond motifs is 2. The topological polar surface area (TPSA) is 156 Å². The number of aromatic nitrogens is 4. The lowest BCUT2D eigenvalue weighted by Crippen LogP contribution is -2.45. The standard InChI is InChI=1S/C18H19N5O8/c24-14(6-27-7-15(25)26)19-10-4-28-17-11(5-29-16(10)17)23-18(20-21-22-23)9-1-2-12-13(3-9)31-8-30-12/h1-3,10-11,16-17H,4-8H2,(H,19,24)(H,25,26)/t10-,11+,16-,17+/m0/s1. The second-order valence-electron chi connectivity index (χ2n) is 7.24. The summed E-state index contributed by atoms with van der Waals surface area (Å²) in [5.74, 6) is 0.241. The SMILES string of the molecule is O=C(O)COCC(=O)N[C@H]1CO[C@H]2[C@H]1OC[C@H]2n1nnnc1-c1ccc2c(c1)OCO2. The Morgan fingerprint density at radius 2 is 2.00 bits per heavy atom. The summed E-state index contributed by atoms with van der Waals surface area (Å²) in [6.07, 6.45) is -0.747. The van der Waals surface area contributed by atoms with Gasteiger partial charge >= 0.3 is 5.97 Å². The third-order valence-electron chi connectivity index (χ3n) is 5.27. The average Bonchev–Trinajstić information content (AvgIpc) is 3.52. The number of nitrogens with one attached hydrogen (secondary N) is 1. The average molecular weight is 433 g/mol. The fraction of sp³-hybridized carbons (Fsp3) is 0.500. The second-order valence-corrected chi connectivity index (χ2v) is 7.24. The van der Waals surface area contributed by atoms with Crippen LogP contribution in [0, 0.1) is 0 Å². The minimum absolute atomic E-state index is 0.173. The van der Waals surface area contributed by atoms with Crippen molar-refractivity contribution in [3.8, 4) is 22.9 Å². The van der Waals surface area contributed by atoms with Crippen molar-refractivity contribution in [1.82, 2.24) is 25.5 Å². The molecule has 0 spiro atoms. The highest BCUT2D eigenvalue weighted by atomic mass is 16.7. The molecule has 0 saturated carbocycles. The van der Waals surface area contributed by atoms with E-state index < -0.39 is 18.5 Å². The lowest BCUT2D eigenvalue weighted by Gasteiger charge is -2.18. The Morgan fingerprint density at radius 3 is 2.87 bits per heavy atom. The van der Waals surface area contributed by atoms with Gasteiger partial charge in [-0.3, -0.25) is 4.79 Å². The maximum absolute atomic E-state index is 12.0. The molecule has 4 heterocycles. The van der Waals surface area contributed by atoms with Gasteiger partial charge in [-0.2, -0.15) is 0 Å². The summed E-state index contributed by atoms with van der Waals surface area (Å²) in [5.41, 5.74) is 0.760. The highest BCUT2D eigenvalue weighted by Crippen LogP contribution is 2.38. The Kier molecular flexibility index (Phi) is 5.13. The van der Waals surface area contributed by atoms with Crippen molar-refractivity contribution < 1.29 is 38.4 Å². The van der Waals surface area contributed by atoms with Crippen LogP contribution in [-0.2, 0) is 23.8 Å². The fourth-order valence-electron chi connectivity index (χ4n) is 3.93. The van der Waals surface area contributed by atoms with Gasteiger partial charge in [0.15, 0.2) is 17.3 Å². The molecule has 0 unspecified atom stereocenters. The molecule has 2 N–H and O–H groups in total. The van der Waals surface area contributed by atoms with E-state index in [1.165, 1.54) is 0 Å². The van der Waals surface area contributed by atoms with Gasteiger partial charge in [-0.15, -0.1) is 5.10 Å². The third kappa shape index (κ3) is 3.78. The van der Waals surface area contributed by atoms with Crippen molar-refractivity contribution in [3.05, 3.63) is 18.2 Å². The lowest BCUT2D eigenvalue weighted by molar-refractivity contribution is -0.143. The first kappa shape index (κ1) is 19.7. The summed E-state index contributed by atoms with van der Waals surface area (Å²) in [6.45, 7) is -0.171. The summed E-state index contributed by atoms with van der Waals surface area (Å²) >= 11 is 0. The van der Waals surface area contributed by atoms with Gasteiger partial charge in [0.05, 0.1) is 19.3 Å². The number of amides is 1. The molecule has 5 rings (SSSR count). The molecule has 1 aromatic carbocycles. The zero-order valence-corrected chi connectivity index (χ0v) is 16.2. The summed E-state index contributed by atoms with van der Waals surface area (Å²) in [5, 5.41) is 23.4. The summed E-state index contributed by atoms with van der Waals surface area (Å²) in [4.78, 5) is 22.5. The van der Waals surface area contributed by atoms with Gasteiger partial charge in [0, 0.05) is 5.56 Å². The van der Waals surface area contributed by atoms with E-state index in [0.29, 0.717) is 23.9 Å². The van der Waals surface area contributed by atoms with E-state index in [0.717, 1.165) is 5.56 Å². The van der Waals surface area contributed by atoms with E-state index >= 15 is 0 Å². The van der Waals surface area contributed by atoms with Crippen LogP contribution in [0.3, 0.4) is 0 Å². The Hall–Kier alpha value is -3.29. The molecular weight excluding hydrogens is 414 g/mol. The minimum Gasteiger partial charge on any atom is -0.480 e. The minimum atomic E-state index is -1.14. The van der Waals surface area contributed by atoms with Crippen molar-refractivity contribution in [2.24, 2.45) is 0 Å².